The second-order valence-corrected chi connectivity index (χ2v) is 8.58. The summed E-state index contributed by atoms with van der Waals surface area (Å²) in [4.78, 5) is 37.6. The number of benzene rings is 3. The minimum atomic E-state index is -0.242. The highest BCUT2D eigenvalue weighted by atomic mass is 16.1. The Morgan fingerprint density at radius 3 is 2.56 bits per heavy atom. The predicted octanol–water partition coefficient (Wildman–Crippen LogP) is 5.46. The van der Waals surface area contributed by atoms with Crippen LogP contribution in [0.2, 0.25) is 0 Å². The summed E-state index contributed by atoms with van der Waals surface area (Å²) in [6.45, 7) is 4.01. The SMILES string of the molecule is Cc1ccc(-c2cc(C(=O)CC(C)c3cnccn3)cc(-n3c(=O)[nH]c4ccccc43)c2)cc1. The molecule has 1 atom stereocenters. The molecule has 2 aromatic heterocycles. The Morgan fingerprint density at radius 2 is 1.79 bits per heavy atom. The third-order valence-corrected chi connectivity index (χ3v) is 6.05. The lowest BCUT2D eigenvalue weighted by molar-refractivity contribution is 0.0975. The molecule has 5 rings (SSSR count). The van der Waals surface area contributed by atoms with Gasteiger partial charge in [0.15, 0.2) is 5.78 Å². The number of aromatic amines is 1. The number of Topliss-reactive ketones (excluding diaryl/α,β-unsaturated/α-hetero) is 1. The number of rotatable bonds is 6. The zero-order valence-electron chi connectivity index (χ0n) is 19.0. The molecule has 6 nitrogen and oxygen atoms in total. The number of hydrogen-bond acceptors (Lipinski definition) is 4. The third-order valence-electron chi connectivity index (χ3n) is 6.05. The molecule has 0 saturated carbocycles. The Hall–Kier alpha value is -4.32. The molecule has 6 heteroatoms. The maximum Gasteiger partial charge on any atom is 0.331 e. The molecule has 1 N–H and O–H groups in total. The summed E-state index contributed by atoms with van der Waals surface area (Å²) in [7, 11) is 0. The summed E-state index contributed by atoms with van der Waals surface area (Å²) in [6, 6.07) is 21.3. The number of nitrogens with one attached hydrogen (secondary N) is 1. The van der Waals surface area contributed by atoms with Crippen LogP contribution in [0.15, 0.2) is 90.1 Å². The van der Waals surface area contributed by atoms with Gasteiger partial charge in [0.05, 0.1) is 22.4 Å². The summed E-state index contributed by atoms with van der Waals surface area (Å²) in [5, 5.41) is 0. The molecule has 0 radical (unpaired) electrons. The summed E-state index contributed by atoms with van der Waals surface area (Å²) in [5.41, 5.74) is 6.27. The van der Waals surface area contributed by atoms with E-state index >= 15 is 0 Å². The minimum absolute atomic E-state index is 0.0127. The molecule has 0 fully saturated rings. The summed E-state index contributed by atoms with van der Waals surface area (Å²) >= 11 is 0. The maximum absolute atomic E-state index is 13.4. The van der Waals surface area contributed by atoms with Crippen molar-refractivity contribution in [1.29, 1.82) is 0 Å². The van der Waals surface area contributed by atoms with E-state index in [1.165, 1.54) is 0 Å². The van der Waals surface area contributed by atoms with E-state index in [1.807, 2.05) is 74.5 Å². The number of aryl methyl sites for hydroxylation is 1. The highest BCUT2D eigenvalue weighted by Crippen LogP contribution is 2.28. The number of aromatic nitrogens is 4. The number of fused-ring (bicyclic) bond motifs is 1. The number of H-pyrrole nitrogens is 1. The zero-order valence-corrected chi connectivity index (χ0v) is 19.0. The van der Waals surface area contributed by atoms with Gasteiger partial charge in [-0.2, -0.15) is 0 Å². The first-order valence-electron chi connectivity index (χ1n) is 11.2. The van der Waals surface area contributed by atoms with Crippen molar-refractivity contribution in [3.63, 3.8) is 0 Å². The first-order chi connectivity index (χ1) is 16.5. The van der Waals surface area contributed by atoms with Gasteiger partial charge in [-0.1, -0.05) is 48.9 Å². The van der Waals surface area contributed by atoms with E-state index in [0.29, 0.717) is 11.3 Å². The van der Waals surface area contributed by atoms with Gasteiger partial charge in [0.1, 0.15) is 0 Å². The number of ketones is 1. The first kappa shape index (κ1) is 21.5. The van der Waals surface area contributed by atoms with E-state index in [9.17, 15) is 9.59 Å². The van der Waals surface area contributed by atoms with Crippen LogP contribution < -0.4 is 5.69 Å². The van der Waals surface area contributed by atoms with Gasteiger partial charge in [-0.15, -0.1) is 0 Å². The lowest BCUT2D eigenvalue weighted by Crippen LogP contribution is -2.15. The van der Waals surface area contributed by atoms with Crippen molar-refractivity contribution in [1.82, 2.24) is 19.5 Å². The highest BCUT2D eigenvalue weighted by molar-refractivity contribution is 5.98. The molecular weight excluding hydrogens is 424 g/mol. The van der Waals surface area contributed by atoms with E-state index < -0.39 is 0 Å². The average molecular weight is 449 g/mol. The predicted molar refractivity (Wildman–Crippen MR) is 133 cm³/mol. The largest absolute Gasteiger partial charge is 0.331 e. The molecule has 0 saturated heterocycles. The van der Waals surface area contributed by atoms with Crippen molar-refractivity contribution in [2.24, 2.45) is 0 Å². The number of carbonyl (C=O) groups is 1. The van der Waals surface area contributed by atoms with Crippen LogP contribution in [0, 0.1) is 6.92 Å². The van der Waals surface area contributed by atoms with Gasteiger partial charge in [0, 0.05) is 36.5 Å². The molecule has 0 aliphatic rings. The standard InChI is InChI=1S/C28H24N4O2/c1-18-7-9-20(10-8-18)21-14-22(27(33)13-19(2)25-17-29-11-12-30-25)16-23(15-21)32-26-6-4-3-5-24(26)31-28(32)34/h3-12,14-17,19H,13H2,1-2H3,(H,31,34). The van der Waals surface area contributed by atoms with Crippen LogP contribution >= 0.6 is 0 Å². The Morgan fingerprint density at radius 1 is 1.00 bits per heavy atom. The van der Waals surface area contributed by atoms with Crippen molar-refractivity contribution >= 4 is 16.8 Å². The van der Waals surface area contributed by atoms with Crippen LogP contribution in [-0.2, 0) is 0 Å². The second kappa shape index (κ2) is 8.90. The fourth-order valence-electron chi connectivity index (χ4n) is 4.19. The summed E-state index contributed by atoms with van der Waals surface area (Å²) in [6.07, 6.45) is 5.24. The molecule has 0 bridgehead atoms. The fourth-order valence-corrected chi connectivity index (χ4v) is 4.19. The monoisotopic (exact) mass is 448 g/mol. The molecular formula is C28H24N4O2. The van der Waals surface area contributed by atoms with Crippen molar-refractivity contribution in [2.45, 2.75) is 26.2 Å². The summed E-state index contributed by atoms with van der Waals surface area (Å²) in [5.74, 6) is -0.0928. The van der Waals surface area contributed by atoms with Crippen LogP contribution in [-0.4, -0.2) is 25.3 Å². The van der Waals surface area contributed by atoms with Crippen molar-refractivity contribution < 1.29 is 4.79 Å². The Labute approximate surface area is 197 Å². The molecule has 2 heterocycles. The third kappa shape index (κ3) is 4.18. The molecule has 34 heavy (non-hydrogen) atoms. The molecule has 0 amide bonds. The van der Waals surface area contributed by atoms with E-state index in [4.69, 9.17) is 0 Å². The zero-order chi connectivity index (χ0) is 23.7. The van der Waals surface area contributed by atoms with Gasteiger partial charge in [0.25, 0.3) is 0 Å². The lowest BCUT2D eigenvalue weighted by atomic mass is 9.94. The van der Waals surface area contributed by atoms with Gasteiger partial charge in [0.2, 0.25) is 0 Å². The van der Waals surface area contributed by atoms with Gasteiger partial charge in [-0.3, -0.25) is 19.3 Å². The van der Waals surface area contributed by atoms with Crippen LogP contribution in [0.3, 0.4) is 0 Å². The Kier molecular flexibility index (Phi) is 5.64. The normalized spacial score (nSPS) is 12.1. The van der Waals surface area contributed by atoms with E-state index in [2.05, 4.69) is 15.0 Å². The second-order valence-electron chi connectivity index (χ2n) is 8.58. The smallest absolute Gasteiger partial charge is 0.305 e. The Balaban J connectivity index is 1.62. The van der Waals surface area contributed by atoms with E-state index in [1.54, 1.807) is 29.2 Å². The van der Waals surface area contributed by atoms with E-state index in [-0.39, 0.29) is 23.8 Å². The van der Waals surface area contributed by atoms with Crippen LogP contribution in [0.4, 0.5) is 0 Å². The molecule has 0 aliphatic carbocycles. The van der Waals surface area contributed by atoms with Crippen LogP contribution in [0.5, 0.6) is 0 Å². The molecule has 0 aliphatic heterocycles. The quantitative estimate of drug-likeness (QED) is 0.350. The molecule has 0 spiro atoms. The van der Waals surface area contributed by atoms with E-state index in [0.717, 1.165) is 33.4 Å². The van der Waals surface area contributed by atoms with Crippen LogP contribution in [0.1, 0.15) is 40.9 Å². The first-order valence-corrected chi connectivity index (χ1v) is 11.2. The number of para-hydroxylation sites is 2. The molecule has 168 valence electrons. The number of nitrogens with zero attached hydrogens (tertiary/aromatic N) is 3. The molecule has 5 aromatic rings. The van der Waals surface area contributed by atoms with Crippen molar-refractivity contribution in [3.05, 3.63) is 113 Å². The number of imidazole rings is 1. The van der Waals surface area contributed by atoms with Gasteiger partial charge >= 0.3 is 5.69 Å². The fraction of sp³-hybridized carbons (Fsp3) is 0.143. The van der Waals surface area contributed by atoms with Crippen molar-refractivity contribution in [3.8, 4) is 16.8 Å². The lowest BCUT2D eigenvalue weighted by Gasteiger charge is -2.13. The van der Waals surface area contributed by atoms with Crippen LogP contribution in [0.25, 0.3) is 27.8 Å². The summed E-state index contributed by atoms with van der Waals surface area (Å²) < 4.78 is 1.62. The van der Waals surface area contributed by atoms with Gasteiger partial charge in [-0.05, 0) is 48.4 Å². The number of carbonyl (C=O) groups excluding carboxylic acids is 1. The Bertz CT molecular complexity index is 1530. The van der Waals surface area contributed by atoms with Crippen molar-refractivity contribution in [2.75, 3.05) is 0 Å². The minimum Gasteiger partial charge on any atom is -0.305 e. The topological polar surface area (TPSA) is 80.6 Å². The number of hydrogen-bond donors (Lipinski definition) is 1. The maximum atomic E-state index is 13.4. The highest BCUT2D eigenvalue weighted by Gasteiger charge is 2.18. The molecule has 1 unspecified atom stereocenters. The average Bonchev–Trinajstić information content (AvgIpc) is 3.20. The molecule has 3 aromatic carbocycles. The van der Waals surface area contributed by atoms with Gasteiger partial charge < -0.3 is 4.98 Å². The van der Waals surface area contributed by atoms with Gasteiger partial charge in [-0.25, -0.2) is 4.79 Å².